The van der Waals surface area contributed by atoms with Gasteiger partial charge in [-0.2, -0.15) is 0 Å². The highest BCUT2D eigenvalue weighted by atomic mass is 35.5. The molecule has 0 radical (unpaired) electrons. The van der Waals surface area contributed by atoms with Crippen molar-refractivity contribution in [2.24, 2.45) is 0 Å². The molecular weight excluding hydrogens is 404 g/mol. The molecule has 5 nitrogen and oxygen atoms in total. The first-order valence-electron chi connectivity index (χ1n) is 7.15. The van der Waals surface area contributed by atoms with E-state index in [-0.39, 0.29) is 11.9 Å². The van der Waals surface area contributed by atoms with Gasteiger partial charge in [0.1, 0.15) is 0 Å². The Hall–Kier alpha value is -1.66. The van der Waals surface area contributed by atoms with Gasteiger partial charge in [-0.1, -0.05) is 58.5 Å². The van der Waals surface area contributed by atoms with E-state index in [1.807, 2.05) is 12.1 Å². The van der Waals surface area contributed by atoms with Gasteiger partial charge in [0.2, 0.25) is 0 Å². The number of hydrogen-bond acceptors (Lipinski definition) is 2. The summed E-state index contributed by atoms with van der Waals surface area (Å²) in [5, 5.41) is 25.8. The van der Waals surface area contributed by atoms with Crippen molar-refractivity contribution in [1.29, 1.82) is 10.8 Å². The van der Waals surface area contributed by atoms with Crippen molar-refractivity contribution in [1.82, 2.24) is 16.0 Å². The second kappa shape index (κ2) is 9.15. The van der Waals surface area contributed by atoms with E-state index in [1.165, 1.54) is 0 Å². The van der Waals surface area contributed by atoms with Gasteiger partial charge in [-0.05, 0) is 35.4 Å². The van der Waals surface area contributed by atoms with Gasteiger partial charge in [0.15, 0.2) is 11.9 Å². The van der Waals surface area contributed by atoms with Gasteiger partial charge >= 0.3 is 0 Å². The molecule has 0 saturated heterocycles. The first-order valence-corrected chi connectivity index (χ1v) is 8.66. The lowest BCUT2D eigenvalue weighted by molar-refractivity contribution is 0.841. The Labute approximate surface area is 165 Å². The lowest BCUT2D eigenvalue weighted by atomic mass is 10.2. The van der Waals surface area contributed by atoms with Gasteiger partial charge in [0.25, 0.3) is 0 Å². The Morgan fingerprint density at radius 2 is 1.08 bits per heavy atom. The third-order valence-corrected chi connectivity index (χ3v) is 4.63. The van der Waals surface area contributed by atoms with E-state index >= 15 is 0 Å². The SMILES string of the molecule is N=C(NCc1ccc(Cl)c(Cl)c1)NC(=N)NCc1ccc(Cl)c(Cl)c1. The quantitative estimate of drug-likeness (QED) is 0.370. The van der Waals surface area contributed by atoms with Crippen molar-refractivity contribution >= 4 is 58.3 Å². The smallest absolute Gasteiger partial charge is 0.195 e. The number of halogens is 4. The molecule has 0 heterocycles. The number of nitrogens with one attached hydrogen (secondary N) is 5. The summed E-state index contributed by atoms with van der Waals surface area (Å²) in [5.74, 6) is -0.0320. The fourth-order valence-corrected chi connectivity index (χ4v) is 2.53. The molecule has 0 saturated carbocycles. The monoisotopic (exact) mass is 417 g/mol. The van der Waals surface area contributed by atoms with Crippen LogP contribution in [0, 0.1) is 10.8 Å². The van der Waals surface area contributed by atoms with Gasteiger partial charge in [-0.3, -0.25) is 16.1 Å². The molecule has 0 atom stereocenters. The van der Waals surface area contributed by atoms with Crippen LogP contribution in [0.1, 0.15) is 11.1 Å². The number of guanidine groups is 2. The van der Waals surface area contributed by atoms with Crippen LogP contribution in [-0.2, 0) is 13.1 Å². The third kappa shape index (κ3) is 6.29. The molecule has 2 aromatic rings. The van der Waals surface area contributed by atoms with E-state index in [1.54, 1.807) is 24.3 Å². The zero-order chi connectivity index (χ0) is 18.4. The maximum absolute atomic E-state index is 7.81. The summed E-state index contributed by atoms with van der Waals surface area (Å²) in [6, 6.07) is 10.4. The average molecular weight is 419 g/mol. The van der Waals surface area contributed by atoms with Crippen LogP contribution in [0.25, 0.3) is 0 Å². The van der Waals surface area contributed by atoms with Crippen LogP contribution in [-0.4, -0.2) is 11.9 Å². The van der Waals surface area contributed by atoms with Crippen molar-refractivity contribution in [3.63, 3.8) is 0 Å². The molecule has 2 aromatic carbocycles. The molecule has 25 heavy (non-hydrogen) atoms. The molecule has 132 valence electrons. The molecule has 0 bridgehead atoms. The van der Waals surface area contributed by atoms with Crippen LogP contribution in [0.2, 0.25) is 20.1 Å². The summed E-state index contributed by atoms with van der Waals surface area (Å²) in [5.41, 5.74) is 1.74. The standard InChI is InChI=1S/C16H15Cl4N5/c17-11-3-1-9(5-13(11)19)7-23-15(21)25-16(22)24-8-10-2-4-12(18)14(20)6-10/h1-6H,7-8H2,(H5,21,22,23,24,25). The zero-order valence-corrected chi connectivity index (χ0v) is 15.9. The van der Waals surface area contributed by atoms with Crippen molar-refractivity contribution in [3.8, 4) is 0 Å². The van der Waals surface area contributed by atoms with E-state index in [0.717, 1.165) is 11.1 Å². The lowest BCUT2D eigenvalue weighted by Gasteiger charge is -2.13. The van der Waals surface area contributed by atoms with Crippen LogP contribution in [0.4, 0.5) is 0 Å². The Morgan fingerprint density at radius 3 is 1.44 bits per heavy atom. The van der Waals surface area contributed by atoms with Gasteiger partial charge in [-0.15, -0.1) is 0 Å². The minimum Gasteiger partial charge on any atom is -0.352 e. The summed E-state index contributed by atoms with van der Waals surface area (Å²) in [4.78, 5) is 0. The average Bonchev–Trinajstić information content (AvgIpc) is 2.57. The molecule has 2 rings (SSSR count). The van der Waals surface area contributed by atoms with Crippen molar-refractivity contribution < 1.29 is 0 Å². The fourth-order valence-electron chi connectivity index (χ4n) is 1.89. The van der Waals surface area contributed by atoms with Gasteiger partial charge in [-0.25, -0.2) is 0 Å². The minimum absolute atomic E-state index is 0.0160. The second-order valence-corrected chi connectivity index (χ2v) is 6.71. The Kier molecular flexibility index (Phi) is 7.20. The zero-order valence-electron chi connectivity index (χ0n) is 12.9. The largest absolute Gasteiger partial charge is 0.352 e. The van der Waals surface area contributed by atoms with Gasteiger partial charge < -0.3 is 10.6 Å². The molecule has 0 aromatic heterocycles. The highest BCUT2D eigenvalue weighted by Crippen LogP contribution is 2.23. The Balaban J connectivity index is 1.76. The van der Waals surface area contributed by atoms with Crippen LogP contribution in [0.5, 0.6) is 0 Å². The van der Waals surface area contributed by atoms with Gasteiger partial charge in [0, 0.05) is 13.1 Å². The third-order valence-electron chi connectivity index (χ3n) is 3.16. The number of rotatable bonds is 4. The summed E-state index contributed by atoms with van der Waals surface area (Å²) in [7, 11) is 0. The van der Waals surface area contributed by atoms with E-state index in [4.69, 9.17) is 57.2 Å². The summed E-state index contributed by atoms with van der Waals surface area (Å²) >= 11 is 23.6. The van der Waals surface area contributed by atoms with Crippen molar-refractivity contribution in [2.75, 3.05) is 0 Å². The van der Waals surface area contributed by atoms with Crippen molar-refractivity contribution in [2.45, 2.75) is 13.1 Å². The number of benzene rings is 2. The summed E-state index contributed by atoms with van der Waals surface area (Å²) in [6.45, 7) is 0.756. The molecule has 0 aliphatic rings. The molecule has 0 aliphatic carbocycles. The predicted molar refractivity (Wildman–Crippen MR) is 105 cm³/mol. The highest BCUT2D eigenvalue weighted by Gasteiger charge is 2.04. The normalized spacial score (nSPS) is 10.2. The first-order chi connectivity index (χ1) is 11.8. The first kappa shape index (κ1) is 19.7. The van der Waals surface area contributed by atoms with Crippen molar-refractivity contribution in [3.05, 3.63) is 67.6 Å². The molecule has 0 amide bonds. The Morgan fingerprint density at radius 1 is 0.680 bits per heavy atom. The second-order valence-electron chi connectivity index (χ2n) is 5.08. The molecule has 9 heteroatoms. The minimum atomic E-state index is -0.0160. The highest BCUT2D eigenvalue weighted by molar-refractivity contribution is 6.42. The summed E-state index contributed by atoms with van der Waals surface area (Å²) < 4.78 is 0. The maximum Gasteiger partial charge on any atom is 0.195 e. The van der Waals surface area contributed by atoms with E-state index in [0.29, 0.717) is 33.2 Å². The molecular formula is C16H15Cl4N5. The van der Waals surface area contributed by atoms with E-state index in [9.17, 15) is 0 Å². The van der Waals surface area contributed by atoms with Crippen LogP contribution in [0.15, 0.2) is 36.4 Å². The van der Waals surface area contributed by atoms with Crippen LogP contribution in [0.3, 0.4) is 0 Å². The molecule has 0 spiro atoms. The van der Waals surface area contributed by atoms with Crippen LogP contribution >= 0.6 is 46.4 Å². The predicted octanol–water partition coefficient (Wildman–Crippen LogP) is 4.64. The van der Waals surface area contributed by atoms with Gasteiger partial charge in [0.05, 0.1) is 20.1 Å². The molecule has 5 N–H and O–H groups in total. The molecule has 0 aliphatic heterocycles. The summed E-state index contributed by atoms with van der Waals surface area (Å²) in [6.07, 6.45) is 0. The van der Waals surface area contributed by atoms with E-state index < -0.39 is 0 Å². The fraction of sp³-hybridized carbons (Fsp3) is 0.125. The maximum atomic E-state index is 7.81. The van der Waals surface area contributed by atoms with E-state index in [2.05, 4.69) is 16.0 Å². The molecule has 0 unspecified atom stereocenters. The Bertz CT molecular complexity index is 729. The topological polar surface area (TPSA) is 83.8 Å². The lowest BCUT2D eigenvalue weighted by Crippen LogP contribution is -2.45. The molecule has 0 fully saturated rings. The number of hydrogen-bond donors (Lipinski definition) is 5. The van der Waals surface area contributed by atoms with Crippen LogP contribution < -0.4 is 16.0 Å².